The predicted octanol–water partition coefficient (Wildman–Crippen LogP) is 1.46. The number of hydrogen-bond acceptors (Lipinski definition) is 3. The second-order valence-electron chi connectivity index (χ2n) is 5.22. The lowest BCUT2D eigenvalue weighted by Crippen LogP contribution is -2.33. The summed E-state index contributed by atoms with van der Waals surface area (Å²) in [6.07, 6.45) is 0.793. The second-order valence-corrected chi connectivity index (χ2v) is 6.79. The number of anilines is 1. The van der Waals surface area contributed by atoms with Crippen LogP contribution in [0.4, 0.5) is 5.69 Å². The van der Waals surface area contributed by atoms with Crippen LogP contribution < -0.4 is 14.9 Å². The van der Waals surface area contributed by atoms with Gasteiger partial charge in [0.15, 0.2) is 6.61 Å². The molecule has 2 aromatic rings. The largest absolute Gasteiger partial charge is 0.483 e. The summed E-state index contributed by atoms with van der Waals surface area (Å²) in [4.78, 5) is 32.6. The van der Waals surface area contributed by atoms with E-state index >= 15 is 0 Å². The van der Waals surface area contributed by atoms with Gasteiger partial charge in [0.25, 0.3) is 5.91 Å². The minimum Gasteiger partial charge on any atom is -0.483 e. The number of benzene rings is 2. The fourth-order valence-electron chi connectivity index (χ4n) is 2.63. The van der Waals surface area contributed by atoms with Crippen molar-refractivity contribution in [2.24, 2.45) is 0 Å². The van der Waals surface area contributed by atoms with Crippen LogP contribution in [0, 0.1) is 0 Å². The van der Waals surface area contributed by atoms with Gasteiger partial charge in [-0.25, -0.2) is 0 Å². The summed E-state index contributed by atoms with van der Waals surface area (Å²) in [5.74, 6) is -0.211. The third-order valence-corrected chi connectivity index (χ3v) is 4.72. The fourth-order valence-corrected chi connectivity index (χ4v) is 3.34. The molecule has 0 spiro atoms. The van der Waals surface area contributed by atoms with E-state index in [2.05, 4.69) is 0 Å². The number of ether oxygens (including phenoxy) is 1. The molecule has 120 valence electrons. The van der Waals surface area contributed by atoms with Crippen LogP contribution in [0.1, 0.15) is 5.56 Å². The minimum absolute atomic E-state index is 0.0293. The quantitative estimate of drug-likeness (QED) is 0.827. The Kier molecular flexibility index (Phi) is 4.22. The summed E-state index contributed by atoms with van der Waals surface area (Å²) in [5, 5.41) is -0.213. The van der Waals surface area contributed by atoms with Crippen LogP contribution >= 0.6 is 7.60 Å². The van der Waals surface area contributed by atoms with Crippen molar-refractivity contribution in [3.8, 4) is 5.75 Å². The highest BCUT2D eigenvalue weighted by Gasteiger charge is 2.26. The van der Waals surface area contributed by atoms with Gasteiger partial charge in [-0.3, -0.25) is 9.36 Å². The topological polar surface area (TPSA) is 87.1 Å². The molecule has 0 aliphatic carbocycles. The summed E-state index contributed by atoms with van der Waals surface area (Å²) >= 11 is 0. The zero-order valence-electron chi connectivity index (χ0n) is 12.3. The molecule has 3 rings (SSSR count). The molecule has 0 atom stereocenters. The maximum atomic E-state index is 12.3. The Labute approximate surface area is 133 Å². The molecule has 6 nitrogen and oxygen atoms in total. The first kappa shape index (κ1) is 15.7. The van der Waals surface area contributed by atoms with Crippen LogP contribution in [-0.2, 0) is 15.8 Å². The SMILES string of the molecule is O=C(COc1ccccc1P(=O)(O)O)N1CCc2ccccc21. The number of hydrogen-bond donors (Lipinski definition) is 2. The maximum Gasteiger partial charge on any atom is 0.359 e. The van der Waals surface area contributed by atoms with Crippen LogP contribution in [0.3, 0.4) is 0 Å². The van der Waals surface area contributed by atoms with Crippen molar-refractivity contribution in [3.05, 3.63) is 54.1 Å². The lowest BCUT2D eigenvalue weighted by molar-refractivity contribution is -0.120. The molecule has 0 bridgehead atoms. The Morgan fingerprint density at radius 1 is 1.13 bits per heavy atom. The molecule has 23 heavy (non-hydrogen) atoms. The van der Waals surface area contributed by atoms with Gasteiger partial charge in [-0.2, -0.15) is 0 Å². The van der Waals surface area contributed by atoms with E-state index in [1.807, 2.05) is 24.3 Å². The molecule has 0 radical (unpaired) electrons. The van der Waals surface area contributed by atoms with Gasteiger partial charge >= 0.3 is 7.60 Å². The molecule has 1 aliphatic rings. The molecule has 1 aliphatic heterocycles. The summed E-state index contributed by atoms with van der Waals surface area (Å²) in [6.45, 7) is 0.313. The number of amides is 1. The minimum atomic E-state index is -4.44. The number of carbonyl (C=O) groups excluding carboxylic acids is 1. The first-order chi connectivity index (χ1) is 11.0. The number of fused-ring (bicyclic) bond motifs is 1. The smallest absolute Gasteiger partial charge is 0.359 e. The molecule has 1 heterocycles. The van der Waals surface area contributed by atoms with Gasteiger partial charge in [-0.1, -0.05) is 30.3 Å². The molecule has 2 N–H and O–H groups in total. The van der Waals surface area contributed by atoms with Crippen molar-refractivity contribution >= 4 is 24.5 Å². The van der Waals surface area contributed by atoms with E-state index in [0.717, 1.165) is 17.7 Å². The molecule has 0 unspecified atom stereocenters. The Morgan fingerprint density at radius 3 is 2.61 bits per heavy atom. The van der Waals surface area contributed by atoms with Crippen LogP contribution in [-0.4, -0.2) is 28.8 Å². The fraction of sp³-hybridized carbons (Fsp3) is 0.188. The zero-order chi connectivity index (χ0) is 16.4. The molecule has 2 aromatic carbocycles. The van der Waals surface area contributed by atoms with E-state index < -0.39 is 7.60 Å². The molecule has 0 saturated heterocycles. The van der Waals surface area contributed by atoms with Gasteiger partial charge in [0.05, 0.1) is 0 Å². The first-order valence-electron chi connectivity index (χ1n) is 7.13. The molecular weight excluding hydrogens is 317 g/mol. The number of nitrogens with zero attached hydrogens (tertiary/aromatic N) is 1. The highest BCUT2D eigenvalue weighted by atomic mass is 31.2. The van der Waals surface area contributed by atoms with Crippen LogP contribution in [0.15, 0.2) is 48.5 Å². The molecule has 0 aromatic heterocycles. The predicted molar refractivity (Wildman–Crippen MR) is 86.1 cm³/mol. The van der Waals surface area contributed by atoms with E-state index in [-0.39, 0.29) is 23.6 Å². The summed E-state index contributed by atoms with van der Waals surface area (Å²) in [7, 11) is -4.44. The molecule has 7 heteroatoms. The van der Waals surface area contributed by atoms with Gasteiger partial charge in [0.1, 0.15) is 11.1 Å². The molecule has 0 fully saturated rings. The van der Waals surface area contributed by atoms with Crippen molar-refractivity contribution in [1.82, 2.24) is 0 Å². The maximum absolute atomic E-state index is 12.3. The highest BCUT2D eigenvalue weighted by molar-refractivity contribution is 7.60. The van der Waals surface area contributed by atoms with Gasteiger partial charge in [0.2, 0.25) is 0 Å². The Hall–Kier alpha value is -2.14. The van der Waals surface area contributed by atoms with E-state index in [0.29, 0.717) is 6.54 Å². The van der Waals surface area contributed by atoms with Crippen LogP contribution in [0.25, 0.3) is 0 Å². The van der Waals surface area contributed by atoms with E-state index in [9.17, 15) is 19.1 Å². The Balaban J connectivity index is 1.73. The third-order valence-electron chi connectivity index (χ3n) is 3.72. The van der Waals surface area contributed by atoms with Crippen molar-refractivity contribution in [3.63, 3.8) is 0 Å². The highest BCUT2D eigenvalue weighted by Crippen LogP contribution is 2.37. The second kappa shape index (κ2) is 6.16. The van der Waals surface area contributed by atoms with Gasteiger partial charge in [-0.05, 0) is 30.2 Å². The van der Waals surface area contributed by atoms with Crippen molar-refractivity contribution in [2.75, 3.05) is 18.1 Å². The third kappa shape index (κ3) is 3.29. The van der Waals surface area contributed by atoms with Gasteiger partial charge < -0.3 is 19.4 Å². The van der Waals surface area contributed by atoms with E-state index in [4.69, 9.17) is 4.74 Å². The number of rotatable bonds is 4. The summed E-state index contributed by atoms with van der Waals surface area (Å²) in [5.41, 5.74) is 1.97. The molecule has 0 saturated carbocycles. The van der Waals surface area contributed by atoms with Crippen molar-refractivity contribution in [2.45, 2.75) is 6.42 Å². The monoisotopic (exact) mass is 333 g/mol. The average molecular weight is 333 g/mol. The zero-order valence-corrected chi connectivity index (χ0v) is 13.1. The van der Waals surface area contributed by atoms with Gasteiger partial charge in [0, 0.05) is 12.2 Å². The van der Waals surface area contributed by atoms with E-state index in [1.54, 1.807) is 11.0 Å². The van der Waals surface area contributed by atoms with E-state index in [1.165, 1.54) is 18.2 Å². The lowest BCUT2D eigenvalue weighted by Gasteiger charge is -2.18. The van der Waals surface area contributed by atoms with Crippen LogP contribution in [0.2, 0.25) is 0 Å². The van der Waals surface area contributed by atoms with Gasteiger partial charge in [-0.15, -0.1) is 0 Å². The lowest BCUT2D eigenvalue weighted by atomic mass is 10.2. The first-order valence-corrected chi connectivity index (χ1v) is 8.74. The van der Waals surface area contributed by atoms with Crippen molar-refractivity contribution in [1.29, 1.82) is 0 Å². The average Bonchev–Trinajstić information content (AvgIpc) is 2.96. The Bertz CT molecular complexity index is 786. The molecular formula is C16H16NO5P. The number of carbonyl (C=O) groups is 1. The van der Waals surface area contributed by atoms with Crippen molar-refractivity contribution < 1.29 is 23.9 Å². The summed E-state index contributed by atoms with van der Waals surface area (Å²) in [6, 6.07) is 13.5. The molecule has 1 amide bonds. The standard InChI is InChI=1S/C16H16NO5P/c18-16(17-10-9-12-5-1-2-6-13(12)17)11-22-14-7-3-4-8-15(14)23(19,20)21/h1-8H,9-11H2,(H2,19,20,21). The summed E-state index contributed by atoms with van der Waals surface area (Å²) < 4.78 is 16.8. The Morgan fingerprint density at radius 2 is 1.83 bits per heavy atom. The normalized spacial score (nSPS) is 13.7. The van der Waals surface area contributed by atoms with Crippen LogP contribution in [0.5, 0.6) is 5.75 Å². The number of para-hydroxylation sites is 2.